The van der Waals surface area contributed by atoms with Crippen molar-refractivity contribution in [3.8, 4) is 0 Å². The van der Waals surface area contributed by atoms with Crippen LogP contribution in [0.1, 0.15) is 19.3 Å². The van der Waals surface area contributed by atoms with Crippen LogP contribution in [0, 0.1) is 0 Å². The summed E-state index contributed by atoms with van der Waals surface area (Å²) in [6.07, 6.45) is 5.94. The minimum Gasteiger partial charge on any atom is -0.516 e. The highest BCUT2D eigenvalue weighted by Gasteiger charge is 2.02. The number of allylic oxidation sites excluding steroid dienone is 1. The molecule has 0 radical (unpaired) electrons. The number of aliphatic hydroxyl groups excluding tert-OH is 1. The molecule has 0 saturated carbocycles. The molecule has 0 aromatic heterocycles. The summed E-state index contributed by atoms with van der Waals surface area (Å²) >= 11 is 0. The minimum absolute atomic E-state index is 0.830. The summed E-state index contributed by atoms with van der Waals surface area (Å²) in [5, 5.41) is 8.29. The van der Waals surface area contributed by atoms with Gasteiger partial charge in [0, 0.05) is 18.7 Å². The van der Waals surface area contributed by atoms with Gasteiger partial charge in [-0.05, 0) is 18.9 Å². The molecule has 0 spiro atoms. The first kappa shape index (κ1) is 6.33. The number of hydrogen-bond acceptors (Lipinski definition) is 2. The summed E-state index contributed by atoms with van der Waals surface area (Å²) in [4.78, 5) is 4.23. The van der Waals surface area contributed by atoms with Gasteiger partial charge in [0.1, 0.15) is 0 Å². The first-order chi connectivity index (χ1) is 4.43. The molecule has 0 bridgehead atoms. The monoisotopic (exact) mass is 125 g/mol. The molecule has 1 rings (SSSR count). The van der Waals surface area contributed by atoms with E-state index < -0.39 is 0 Å². The van der Waals surface area contributed by atoms with E-state index in [1.165, 1.54) is 12.1 Å². The Kier molecular flexibility index (Phi) is 2.31. The Labute approximate surface area is 54.9 Å². The highest BCUT2D eigenvalue weighted by Crippen LogP contribution is 2.06. The summed E-state index contributed by atoms with van der Waals surface area (Å²) in [7, 11) is 0. The fourth-order valence-corrected chi connectivity index (χ4v) is 0.955. The Morgan fingerprint density at radius 1 is 1.67 bits per heavy atom. The van der Waals surface area contributed by atoms with Crippen LogP contribution in [0.5, 0.6) is 0 Å². The molecule has 9 heavy (non-hydrogen) atoms. The van der Waals surface area contributed by atoms with Gasteiger partial charge in [0.2, 0.25) is 0 Å². The Morgan fingerprint density at radius 3 is 3.11 bits per heavy atom. The van der Waals surface area contributed by atoms with E-state index in [1.807, 2.05) is 0 Å². The second-order valence-corrected chi connectivity index (χ2v) is 2.14. The SMILES string of the molecule is OC=CCC1=NCCC1. The first-order valence-electron chi connectivity index (χ1n) is 3.25. The molecule has 1 aliphatic heterocycles. The third-order valence-corrected chi connectivity index (χ3v) is 1.42. The van der Waals surface area contributed by atoms with Crippen molar-refractivity contribution in [2.75, 3.05) is 6.54 Å². The van der Waals surface area contributed by atoms with Crippen LogP contribution in [0.2, 0.25) is 0 Å². The standard InChI is InChI=1S/C7H11NO/c9-6-2-4-7-3-1-5-8-7/h2,6,9H,1,3-5H2. The van der Waals surface area contributed by atoms with E-state index >= 15 is 0 Å². The molecule has 0 atom stereocenters. The van der Waals surface area contributed by atoms with Crippen LogP contribution in [-0.2, 0) is 0 Å². The fourth-order valence-electron chi connectivity index (χ4n) is 0.955. The average molecular weight is 125 g/mol. The summed E-state index contributed by atoms with van der Waals surface area (Å²) in [5.74, 6) is 0. The number of aliphatic hydroxyl groups is 1. The quantitative estimate of drug-likeness (QED) is 0.559. The molecule has 1 aliphatic rings. The summed E-state index contributed by atoms with van der Waals surface area (Å²) in [5.41, 5.74) is 1.22. The van der Waals surface area contributed by atoms with Crippen LogP contribution < -0.4 is 0 Å². The van der Waals surface area contributed by atoms with Gasteiger partial charge in [-0.1, -0.05) is 0 Å². The number of aliphatic imine (C=N–C) groups is 1. The lowest BCUT2D eigenvalue weighted by atomic mass is 10.2. The maximum absolute atomic E-state index is 8.29. The predicted octanol–water partition coefficient (Wildman–Crippen LogP) is 1.68. The van der Waals surface area contributed by atoms with Crippen molar-refractivity contribution in [3.63, 3.8) is 0 Å². The van der Waals surface area contributed by atoms with Crippen molar-refractivity contribution in [1.29, 1.82) is 0 Å². The highest BCUT2D eigenvalue weighted by atomic mass is 16.2. The van der Waals surface area contributed by atoms with Crippen molar-refractivity contribution in [3.05, 3.63) is 12.3 Å². The van der Waals surface area contributed by atoms with Crippen molar-refractivity contribution < 1.29 is 5.11 Å². The molecule has 0 saturated heterocycles. The van der Waals surface area contributed by atoms with E-state index in [9.17, 15) is 0 Å². The maximum Gasteiger partial charge on any atom is 0.0755 e. The smallest absolute Gasteiger partial charge is 0.0755 e. The molecule has 0 aromatic carbocycles. The van der Waals surface area contributed by atoms with E-state index in [1.54, 1.807) is 6.08 Å². The lowest BCUT2D eigenvalue weighted by Gasteiger charge is -1.89. The van der Waals surface area contributed by atoms with E-state index in [2.05, 4.69) is 4.99 Å². The Morgan fingerprint density at radius 2 is 2.56 bits per heavy atom. The molecule has 2 nitrogen and oxygen atoms in total. The van der Waals surface area contributed by atoms with E-state index in [0.717, 1.165) is 25.6 Å². The summed E-state index contributed by atoms with van der Waals surface area (Å²) < 4.78 is 0. The van der Waals surface area contributed by atoms with E-state index in [4.69, 9.17) is 5.11 Å². The zero-order valence-corrected chi connectivity index (χ0v) is 5.38. The van der Waals surface area contributed by atoms with Crippen LogP contribution >= 0.6 is 0 Å². The minimum atomic E-state index is 0.830. The molecule has 0 aromatic rings. The average Bonchev–Trinajstić information content (AvgIpc) is 2.34. The topological polar surface area (TPSA) is 32.6 Å². The Bertz CT molecular complexity index is 138. The molecule has 0 fully saturated rings. The Hall–Kier alpha value is -0.790. The van der Waals surface area contributed by atoms with Crippen LogP contribution in [0.15, 0.2) is 17.3 Å². The van der Waals surface area contributed by atoms with Gasteiger partial charge in [-0.25, -0.2) is 0 Å². The lowest BCUT2D eigenvalue weighted by Crippen LogP contribution is -1.88. The first-order valence-corrected chi connectivity index (χ1v) is 3.25. The van der Waals surface area contributed by atoms with Gasteiger partial charge < -0.3 is 5.11 Å². The van der Waals surface area contributed by atoms with E-state index in [0.29, 0.717) is 0 Å². The molecule has 0 unspecified atom stereocenters. The van der Waals surface area contributed by atoms with Gasteiger partial charge >= 0.3 is 0 Å². The lowest BCUT2D eigenvalue weighted by molar-refractivity contribution is 0.472. The summed E-state index contributed by atoms with van der Waals surface area (Å²) in [6, 6.07) is 0. The number of hydrogen-bond donors (Lipinski definition) is 1. The number of nitrogens with zero attached hydrogens (tertiary/aromatic N) is 1. The molecule has 1 N–H and O–H groups in total. The second-order valence-electron chi connectivity index (χ2n) is 2.14. The van der Waals surface area contributed by atoms with Gasteiger partial charge in [-0.2, -0.15) is 0 Å². The van der Waals surface area contributed by atoms with Crippen LogP contribution in [0.3, 0.4) is 0 Å². The van der Waals surface area contributed by atoms with Crippen molar-refractivity contribution in [1.82, 2.24) is 0 Å². The molecule has 50 valence electrons. The largest absolute Gasteiger partial charge is 0.516 e. The van der Waals surface area contributed by atoms with Gasteiger partial charge in [0.25, 0.3) is 0 Å². The second kappa shape index (κ2) is 3.28. The maximum atomic E-state index is 8.29. The molecule has 0 aliphatic carbocycles. The molecule has 0 amide bonds. The third kappa shape index (κ3) is 1.88. The van der Waals surface area contributed by atoms with Crippen molar-refractivity contribution >= 4 is 5.71 Å². The molecule has 1 heterocycles. The molecular formula is C7H11NO. The van der Waals surface area contributed by atoms with Crippen molar-refractivity contribution in [2.45, 2.75) is 19.3 Å². The fraction of sp³-hybridized carbons (Fsp3) is 0.571. The van der Waals surface area contributed by atoms with Crippen LogP contribution in [-0.4, -0.2) is 17.4 Å². The van der Waals surface area contributed by atoms with Gasteiger partial charge in [-0.15, -0.1) is 0 Å². The molecule has 2 heteroatoms. The normalized spacial score (nSPS) is 18.9. The molecular weight excluding hydrogens is 114 g/mol. The Balaban J connectivity index is 2.26. The van der Waals surface area contributed by atoms with Gasteiger partial charge in [0.05, 0.1) is 6.26 Å². The highest BCUT2D eigenvalue weighted by molar-refractivity contribution is 5.86. The van der Waals surface area contributed by atoms with Gasteiger partial charge in [0.15, 0.2) is 0 Å². The van der Waals surface area contributed by atoms with Gasteiger partial charge in [-0.3, -0.25) is 4.99 Å². The third-order valence-electron chi connectivity index (χ3n) is 1.42. The van der Waals surface area contributed by atoms with Crippen molar-refractivity contribution in [2.24, 2.45) is 4.99 Å². The zero-order valence-electron chi connectivity index (χ0n) is 5.38. The van der Waals surface area contributed by atoms with E-state index in [-0.39, 0.29) is 0 Å². The summed E-state index contributed by atoms with van der Waals surface area (Å²) in [6.45, 7) is 0.981. The number of rotatable bonds is 2. The zero-order chi connectivity index (χ0) is 6.53. The van der Waals surface area contributed by atoms with Crippen LogP contribution in [0.4, 0.5) is 0 Å². The predicted molar refractivity (Wildman–Crippen MR) is 37.9 cm³/mol. The van der Waals surface area contributed by atoms with Crippen LogP contribution in [0.25, 0.3) is 0 Å².